The van der Waals surface area contributed by atoms with Gasteiger partial charge in [0.2, 0.25) is 5.88 Å². The summed E-state index contributed by atoms with van der Waals surface area (Å²) in [4.78, 5) is 18.1. The molecule has 0 aliphatic heterocycles. The van der Waals surface area contributed by atoms with Crippen LogP contribution in [0.4, 0.5) is 4.79 Å². The summed E-state index contributed by atoms with van der Waals surface area (Å²) in [6.45, 7) is 5.92. The average Bonchev–Trinajstić information content (AvgIpc) is 3.16. The monoisotopic (exact) mass is 476 g/mol. The maximum Gasteiger partial charge on any atom is 0.407 e. The highest BCUT2D eigenvalue weighted by Gasteiger charge is 2.37. The van der Waals surface area contributed by atoms with Crippen LogP contribution in [0.1, 0.15) is 49.5 Å². The number of rotatable bonds is 8. The van der Waals surface area contributed by atoms with Crippen molar-refractivity contribution < 1.29 is 24.5 Å². The third-order valence-electron chi connectivity index (χ3n) is 6.35. The van der Waals surface area contributed by atoms with Crippen LogP contribution in [0, 0.1) is 0 Å². The van der Waals surface area contributed by atoms with Crippen molar-refractivity contribution in [2.45, 2.75) is 44.4 Å². The summed E-state index contributed by atoms with van der Waals surface area (Å²) in [6.07, 6.45) is -0.748. The molecule has 1 aliphatic rings. The minimum atomic E-state index is -1.14. The number of benzene rings is 2. The fourth-order valence-electron chi connectivity index (χ4n) is 4.61. The van der Waals surface area contributed by atoms with Gasteiger partial charge in [-0.15, -0.1) is 0 Å². The highest BCUT2D eigenvalue weighted by atomic mass is 16.5. The lowest BCUT2D eigenvalue weighted by Gasteiger charge is -2.36. The second-order valence-electron chi connectivity index (χ2n) is 9.73. The number of pyridine rings is 1. The summed E-state index contributed by atoms with van der Waals surface area (Å²) in [5.41, 5.74) is 4.37. The summed E-state index contributed by atoms with van der Waals surface area (Å²) in [5.74, 6) is 0.259. The fraction of sp³-hybridized carbons (Fsp3) is 0.357. The Morgan fingerprint density at radius 2 is 1.63 bits per heavy atom. The molecular formula is C28H32N2O5. The van der Waals surface area contributed by atoms with Gasteiger partial charge in [0.05, 0.1) is 25.4 Å². The Kier molecular flexibility index (Phi) is 7.10. The first-order valence-corrected chi connectivity index (χ1v) is 11.7. The number of carbonyl (C=O) groups is 1. The van der Waals surface area contributed by atoms with Crippen LogP contribution >= 0.6 is 0 Å². The van der Waals surface area contributed by atoms with Crippen molar-refractivity contribution in [2.75, 3.05) is 20.3 Å². The predicted molar refractivity (Wildman–Crippen MR) is 134 cm³/mol. The molecule has 0 saturated carbocycles. The number of aliphatic hydroxyl groups excluding tert-OH is 1. The maximum atomic E-state index is 12.6. The molecule has 184 valence electrons. The third kappa shape index (κ3) is 5.31. The SMILES string of the molecule is COc1ccc([C@@H](O)[C@H](COC(C)(C)C)N(CC2c3ccccc3-c3ccccc32)C(=O)O)cn1. The molecule has 35 heavy (non-hydrogen) atoms. The zero-order valence-corrected chi connectivity index (χ0v) is 20.5. The van der Waals surface area contributed by atoms with Gasteiger partial charge in [-0.3, -0.25) is 4.90 Å². The maximum absolute atomic E-state index is 12.6. The number of methoxy groups -OCH3 is 1. The molecule has 1 aliphatic carbocycles. The molecule has 0 radical (unpaired) electrons. The van der Waals surface area contributed by atoms with Crippen LogP contribution in [0.3, 0.4) is 0 Å². The van der Waals surface area contributed by atoms with Gasteiger partial charge in [0.15, 0.2) is 0 Å². The first kappa shape index (κ1) is 24.7. The molecular weight excluding hydrogens is 444 g/mol. The van der Waals surface area contributed by atoms with Crippen molar-refractivity contribution in [2.24, 2.45) is 0 Å². The molecule has 1 aromatic heterocycles. The number of nitrogens with zero attached hydrogens (tertiary/aromatic N) is 2. The van der Waals surface area contributed by atoms with Gasteiger partial charge in [0, 0.05) is 30.3 Å². The van der Waals surface area contributed by atoms with Crippen LogP contribution in [0.2, 0.25) is 0 Å². The first-order chi connectivity index (χ1) is 16.7. The molecule has 2 aromatic carbocycles. The molecule has 0 spiro atoms. The number of aliphatic hydroxyl groups is 1. The Bertz CT molecular complexity index is 1130. The van der Waals surface area contributed by atoms with E-state index >= 15 is 0 Å². The van der Waals surface area contributed by atoms with Gasteiger partial charge in [0.1, 0.15) is 6.10 Å². The predicted octanol–water partition coefficient (Wildman–Crippen LogP) is 5.10. The van der Waals surface area contributed by atoms with Crippen LogP contribution < -0.4 is 4.74 Å². The largest absolute Gasteiger partial charge is 0.481 e. The standard InChI is InChI=1S/C28H32N2O5/c1-28(2,3)35-17-24(26(31)18-13-14-25(34-4)29-15-18)30(27(32)33)16-23-21-11-7-5-9-19(21)20-10-6-8-12-22(20)23/h5-15,23-24,26,31H,16-17H2,1-4H3,(H,32,33)/t24-,26+/m0/s1. The van der Waals surface area contributed by atoms with Gasteiger partial charge in [0.25, 0.3) is 0 Å². The lowest BCUT2D eigenvalue weighted by molar-refractivity contribution is -0.0619. The van der Waals surface area contributed by atoms with Crippen molar-refractivity contribution >= 4 is 6.09 Å². The molecule has 3 aromatic rings. The zero-order valence-electron chi connectivity index (χ0n) is 20.5. The Morgan fingerprint density at radius 1 is 1.03 bits per heavy atom. The zero-order chi connectivity index (χ0) is 25.2. The highest BCUT2D eigenvalue weighted by Crippen LogP contribution is 2.45. The topological polar surface area (TPSA) is 92.1 Å². The van der Waals surface area contributed by atoms with E-state index < -0.39 is 23.8 Å². The van der Waals surface area contributed by atoms with E-state index in [4.69, 9.17) is 9.47 Å². The quantitative estimate of drug-likeness (QED) is 0.470. The molecule has 0 unspecified atom stereocenters. The smallest absolute Gasteiger partial charge is 0.407 e. The van der Waals surface area contributed by atoms with E-state index in [2.05, 4.69) is 17.1 Å². The second kappa shape index (κ2) is 10.1. The molecule has 7 nitrogen and oxygen atoms in total. The molecule has 0 bridgehead atoms. The van der Waals surface area contributed by atoms with Crippen LogP contribution in [-0.4, -0.2) is 58.1 Å². The van der Waals surface area contributed by atoms with E-state index in [1.54, 1.807) is 12.1 Å². The van der Waals surface area contributed by atoms with E-state index in [9.17, 15) is 15.0 Å². The first-order valence-electron chi connectivity index (χ1n) is 11.7. The van der Waals surface area contributed by atoms with Gasteiger partial charge in [-0.05, 0) is 49.1 Å². The van der Waals surface area contributed by atoms with E-state index in [1.165, 1.54) is 18.2 Å². The van der Waals surface area contributed by atoms with E-state index in [-0.39, 0.29) is 19.1 Å². The molecule has 7 heteroatoms. The molecule has 0 saturated heterocycles. The number of aromatic nitrogens is 1. The second-order valence-corrected chi connectivity index (χ2v) is 9.73. The lowest BCUT2D eigenvalue weighted by atomic mass is 9.94. The number of fused-ring (bicyclic) bond motifs is 3. The van der Waals surface area contributed by atoms with Crippen molar-refractivity contribution in [3.63, 3.8) is 0 Å². The Balaban J connectivity index is 1.70. The molecule has 2 atom stereocenters. The van der Waals surface area contributed by atoms with Crippen LogP contribution in [0.15, 0.2) is 66.9 Å². The highest BCUT2D eigenvalue weighted by molar-refractivity contribution is 5.79. The third-order valence-corrected chi connectivity index (χ3v) is 6.35. The van der Waals surface area contributed by atoms with Gasteiger partial charge in [-0.1, -0.05) is 48.5 Å². The van der Waals surface area contributed by atoms with Crippen LogP contribution in [-0.2, 0) is 4.74 Å². The molecule has 4 rings (SSSR count). The van der Waals surface area contributed by atoms with Crippen LogP contribution in [0.5, 0.6) is 5.88 Å². The Labute approximate surface area is 206 Å². The van der Waals surface area contributed by atoms with Crippen molar-refractivity contribution in [1.29, 1.82) is 0 Å². The normalized spacial score (nSPS) is 14.7. The Morgan fingerprint density at radius 3 is 2.11 bits per heavy atom. The minimum Gasteiger partial charge on any atom is -0.481 e. The summed E-state index contributed by atoms with van der Waals surface area (Å²) in [6, 6.07) is 18.7. The summed E-state index contributed by atoms with van der Waals surface area (Å²) < 4.78 is 11.1. The summed E-state index contributed by atoms with van der Waals surface area (Å²) >= 11 is 0. The van der Waals surface area contributed by atoms with Crippen LogP contribution in [0.25, 0.3) is 11.1 Å². The van der Waals surface area contributed by atoms with Gasteiger partial charge in [-0.25, -0.2) is 9.78 Å². The van der Waals surface area contributed by atoms with Crippen molar-refractivity contribution in [1.82, 2.24) is 9.88 Å². The molecule has 2 N–H and O–H groups in total. The number of ether oxygens (including phenoxy) is 2. The molecule has 1 heterocycles. The van der Waals surface area contributed by atoms with E-state index in [0.29, 0.717) is 11.4 Å². The average molecular weight is 477 g/mol. The van der Waals surface area contributed by atoms with Crippen molar-refractivity contribution in [3.8, 4) is 17.0 Å². The Hall–Kier alpha value is -3.42. The number of hydrogen-bond donors (Lipinski definition) is 2. The number of hydrogen-bond acceptors (Lipinski definition) is 5. The summed E-state index contributed by atoms with van der Waals surface area (Å²) in [7, 11) is 1.52. The van der Waals surface area contributed by atoms with E-state index in [0.717, 1.165) is 22.3 Å². The molecule has 0 fully saturated rings. The van der Waals surface area contributed by atoms with Gasteiger partial charge in [-0.2, -0.15) is 0 Å². The van der Waals surface area contributed by atoms with Crippen molar-refractivity contribution in [3.05, 3.63) is 83.6 Å². The minimum absolute atomic E-state index is 0.0268. The lowest BCUT2D eigenvalue weighted by Crippen LogP contribution is -2.48. The fourth-order valence-corrected chi connectivity index (χ4v) is 4.61. The molecule has 1 amide bonds. The van der Waals surface area contributed by atoms with E-state index in [1.807, 2.05) is 57.2 Å². The number of carboxylic acid groups (broad SMARTS) is 1. The number of amides is 1. The summed E-state index contributed by atoms with van der Waals surface area (Å²) in [5, 5.41) is 21.7. The van der Waals surface area contributed by atoms with Gasteiger partial charge < -0.3 is 19.7 Å². The van der Waals surface area contributed by atoms with Gasteiger partial charge >= 0.3 is 6.09 Å².